The van der Waals surface area contributed by atoms with E-state index >= 15 is 0 Å². The van der Waals surface area contributed by atoms with Gasteiger partial charge in [-0.3, -0.25) is 9.59 Å². The summed E-state index contributed by atoms with van der Waals surface area (Å²) in [7, 11) is -3.26. The van der Waals surface area contributed by atoms with Crippen molar-refractivity contribution >= 4 is 21.7 Å². The first-order valence-electron chi connectivity index (χ1n) is 12.4. The van der Waals surface area contributed by atoms with Crippen molar-refractivity contribution in [3.63, 3.8) is 0 Å². The fraction of sp³-hybridized carbons (Fsp3) is 0.481. The minimum absolute atomic E-state index is 0.0925. The molecule has 2 aliphatic rings. The van der Waals surface area contributed by atoms with Gasteiger partial charge in [-0.25, -0.2) is 8.42 Å². The molecule has 0 aliphatic carbocycles. The van der Waals surface area contributed by atoms with Crippen molar-refractivity contribution in [1.82, 2.24) is 15.1 Å². The Hall–Kier alpha value is -2.71. The number of hydrogen-bond acceptors (Lipinski definition) is 5. The van der Waals surface area contributed by atoms with Crippen molar-refractivity contribution in [2.75, 3.05) is 38.2 Å². The molecule has 1 atom stereocenters. The molecule has 2 aromatic rings. The van der Waals surface area contributed by atoms with Crippen LogP contribution in [0.5, 0.6) is 0 Å². The van der Waals surface area contributed by atoms with E-state index in [1.165, 1.54) is 10.5 Å². The van der Waals surface area contributed by atoms with Crippen molar-refractivity contribution in [3.8, 4) is 0 Å². The lowest BCUT2D eigenvalue weighted by Crippen LogP contribution is -2.49. The first kappa shape index (κ1) is 25.4. The van der Waals surface area contributed by atoms with Crippen LogP contribution in [0, 0.1) is 5.92 Å². The number of fused-ring (bicyclic) bond motifs is 1. The highest BCUT2D eigenvalue weighted by molar-refractivity contribution is 7.90. The van der Waals surface area contributed by atoms with E-state index in [1.54, 1.807) is 12.1 Å². The summed E-state index contributed by atoms with van der Waals surface area (Å²) in [5.74, 6) is 0.0510. The monoisotopic (exact) mass is 497 g/mol. The van der Waals surface area contributed by atoms with Crippen molar-refractivity contribution in [3.05, 3.63) is 71.3 Å². The largest absolute Gasteiger partial charge is 0.353 e. The first-order chi connectivity index (χ1) is 16.8. The van der Waals surface area contributed by atoms with Crippen molar-refractivity contribution in [1.29, 1.82) is 0 Å². The van der Waals surface area contributed by atoms with Gasteiger partial charge < -0.3 is 15.1 Å². The molecule has 0 saturated carbocycles. The highest BCUT2D eigenvalue weighted by Crippen LogP contribution is 2.26. The van der Waals surface area contributed by atoms with Crippen molar-refractivity contribution < 1.29 is 18.0 Å². The molecule has 1 N–H and O–H groups in total. The number of nitrogens with zero attached hydrogens (tertiary/aromatic N) is 2. The molecule has 1 fully saturated rings. The number of carbonyl (C=O) groups is 2. The fourth-order valence-corrected chi connectivity index (χ4v) is 5.75. The van der Waals surface area contributed by atoms with Crippen LogP contribution in [0.15, 0.2) is 54.6 Å². The summed E-state index contributed by atoms with van der Waals surface area (Å²) in [5, 5.41) is 2.97. The maximum absolute atomic E-state index is 13.1. The van der Waals surface area contributed by atoms with Crippen LogP contribution in [0.25, 0.3) is 0 Å². The van der Waals surface area contributed by atoms with Gasteiger partial charge >= 0.3 is 0 Å². The maximum Gasteiger partial charge on any atom is 0.255 e. The third-order valence-corrected chi connectivity index (χ3v) is 8.07. The normalized spacial score (nSPS) is 17.9. The number of sulfone groups is 1. The number of rotatable bonds is 10. The third kappa shape index (κ3) is 6.92. The van der Waals surface area contributed by atoms with Crippen molar-refractivity contribution in [2.45, 2.75) is 38.3 Å². The average molecular weight is 498 g/mol. The summed E-state index contributed by atoms with van der Waals surface area (Å²) < 4.78 is 23.6. The smallest absolute Gasteiger partial charge is 0.255 e. The van der Waals surface area contributed by atoms with Crippen LogP contribution in [0.3, 0.4) is 0 Å². The number of likely N-dealkylation sites (tertiary alicyclic amines) is 1. The molecule has 188 valence electrons. The van der Waals surface area contributed by atoms with E-state index in [-0.39, 0.29) is 24.0 Å². The summed E-state index contributed by atoms with van der Waals surface area (Å²) in [5.41, 5.74) is 2.84. The Morgan fingerprint density at radius 1 is 1.06 bits per heavy atom. The van der Waals surface area contributed by atoms with Crippen LogP contribution < -0.4 is 5.32 Å². The molecule has 0 aromatic heterocycles. The van der Waals surface area contributed by atoms with Gasteiger partial charge in [0.1, 0.15) is 15.9 Å². The first-order valence-corrected chi connectivity index (χ1v) is 14.5. The Labute approximate surface area is 208 Å². The van der Waals surface area contributed by atoms with Gasteiger partial charge in [0.15, 0.2) is 0 Å². The second kappa shape index (κ2) is 11.4. The van der Waals surface area contributed by atoms with Crippen LogP contribution >= 0.6 is 0 Å². The number of hydrogen-bond donors (Lipinski definition) is 1. The Morgan fingerprint density at radius 2 is 1.74 bits per heavy atom. The second-order valence-corrected chi connectivity index (χ2v) is 12.1. The van der Waals surface area contributed by atoms with E-state index < -0.39 is 15.9 Å². The summed E-state index contributed by atoms with van der Waals surface area (Å²) >= 11 is 0. The quantitative estimate of drug-likeness (QED) is 0.545. The molecule has 0 radical (unpaired) electrons. The van der Waals surface area contributed by atoms with Crippen LogP contribution in [-0.4, -0.2) is 74.3 Å². The van der Waals surface area contributed by atoms with Gasteiger partial charge in [0.05, 0.1) is 5.75 Å². The molecule has 35 heavy (non-hydrogen) atoms. The summed E-state index contributed by atoms with van der Waals surface area (Å²) in [6.45, 7) is 3.56. The summed E-state index contributed by atoms with van der Waals surface area (Å²) in [4.78, 5) is 29.9. The lowest BCUT2D eigenvalue weighted by atomic mass is 9.90. The Morgan fingerprint density at radius 3 is 2.43 bits per heavy atom. The molecule has 7 nitrogen and oxygen atoms in total. The summed E-state index contributed by atoms with van der Waals surface area (Å²) in [6.07, 6.45) is 4.64. The molecule has 4 rings (SSSR count). The lowest BCUT2D eigenvalue weighted by molar-refractivity contribution is -0.125. The minimum atomic E-state index is -3.26. The average Bonchev–Trinajstić information content (AvgIpc) is 3.17. The van der Waals surface area contributed by atoms with E-state index in [9.17, 15) is 18.0 Å². The van der Waals surface area contributed by atoms with Crippen LogP contribution in [0.1, 0.15) is 40.7 Å². The molecule has 8 heteroatoms. The molecule has 2 amide bonds. The number of benzene rings is 2. The van der Waals surface area contributed by atoms with Crippen LogP contribution in [0.2, 0.25) is 0 Å². The topological polar surface area (TPSA) is 86.8 Å². The predicted molar refractivity (Wildman–Crippen MR) is 137 cm³/mol. The number of amides is 2. The zero-order chi connectivity index (χ0) is 24.8. The van der Waals surface area contributed by atoms with Crippen molar-refractivity contribution in [2.24, 2.45) is 5.92 Å². The second-order valence-electron chi connectivity index (χ2n) is 9.79. The molecule has 2 heterocycles. The third-order valence-electron chi connectivity index (χ3n) is 7.09. The van der Waals surface area contributed by atoms with Gasteiger partial charge in [0.25, 0.3) is 5.91 Å². The van der Waals surface area contributed by atoms with Gasteiger partial charge in [0, 0.05) is 31.5 Å². The van der Waals surface area contributed by atoms with E-state index in [0.717, 1.165) is 50.7 Å². The molecule has 1 unspecified atom stereocenters. The zero-order valence-corrected chi connectivity index (χ0v) is 21.2. The van der Waals surface area contributed by atoms with E-state index in [4.69, 9.17) is 0 Å². The minimum Gasteiger partial charge on any atom is -0.353 e. The van der Waals surface area contributed by atoms with E-state index in [2.05, 4.69) is 34.5 Å². The molecule has 0 bridgehead atoms. The summed E-state index contributed by atoms with van der Waals surface area (Å²) in [6, 6.07) is 17.1. The number of carbonyl (C=O) groups excluding carboxylic acids is 2. The number of piperidine rings is 1. The Balaban J connectivity index is 1.28. The van der Waals surface area contributed by atoms with E-state index in [0.29, 0.717) is 24.6 Å². The predicted octanol–water partition coefficient (Wildman–Crippen LogP) is 2.52. The lowest BCUT2D eigenvalue weighted by Gasteiger charge is -2.32. The molecule has 1 saturated heterocycles. The molecule has 2 aliphatic heterocycles. The van der Waals surface area contributed by atoms with Gasteiger partial charge in [-0.1, -0.05) is 48.5 Å². The van der Waals surface area contributed by atoms with Gasteiger partial charge in [-0.15, -0.1) is 0 Å². The highest BCUT2D eigenvalue weighted by atomic mass is 32.2. The number of nitrogens with one attached hydrogen (secondary N) is 1. The standard InChI is InChI=1S/C27H35N3O4S/c1-35(33,34)18-13-25(30-20-23-9-5-6-10-24(23)27(30)32)26(31)28-14-17-29-15-11-22(12-16-29)19-21-7-3-2-4-8-21/h2-10,22,25H,11-20H2,1H3,(H,28,31). The van der Waals surface area contributed by atoms with Gasteiger partial charge in [-0.05, 0) is 61.9 Å². The zero-order valence-electron chi connectivity index (χ0n) is 20.4. The molecule has 0 spiro atoms. The SMILES string of the molecule is CS(=O)(=O)CCC(C(=O)NCCN1CCC(Cc2ccccc2)CC1)N1Cc2ccccc2C1=O. The maximum atomic E-state index is 13.1. The van der Waals surface area contributed by atoms with Gasteiger partial charge in [-0.2, -0.15) is 0 Å². The Kier molecular flexibility index (Phi) is 8.23. The fourth-order valence-electron chi connectivity index (χ4n) is 5.10. The molecular formula is C27H35N3O4S. The van der Waals surface area contributed by atoms with E-state index in [1.807, 2.05) is 18.2 Å². The van der Waals surface area contributed by atoms with Crippen LogP contribution in [0.4, 0.5) is 0 Å². The van der Waals surface area contributed by atoms with Crippen LogP contribution in [-0.2, 0) is 27.6 Å². The molecular weight excluding hydrogens is 462 g/mol. The van der Waals surface area contributed by atoms with Gasteiger partial charge in [0.2, 0.25) is 5.91 Å². The Bertz CT molecular complexity index is 1130. The molecule has 2 aromatic carbocycles. The highest BCUT2D eigenvalue weighted by Gasteiger charge is 2.36.